The van der Waals surface area contributed by atoms with Gasteiger partial charge in [-0.15, -0.1) is 24.0 Å². The van der Waals surface area contributed by atoms with E-state index in [1.165, 1.54) is 32.1 Å². The molecule has 0 unspecified atom stereocenters. The van der Waals surface area contributed by atoms with Crippen LogP contribution in [0.3, 0.4) is 0 Å². The number of nitrogens with zero attached hydrogens (tertiary/aromatic N) is 3. The van der Waals surface area contributed by atoms with E-state index in [0.29, 0.717) is 18.6 Å². The average Bonchev–Trinajstić information content (AvgIpc) is 2.75. The van der Waals surface area contributed by atoms with E-state index in [1.807, 2.05) is 19.2 Å². The summed E-state index contributed by atoms with van der Waals surface area (Å²) in [6.45, 7) is 7.24. The summed E-state index contributed by atoms with van der Waals surface area (Å²) in [5.74, 6) is 1.64. The van der Waals surface area contributed by atoms with Gasteiger partial charge in [0.2, 0.25) is 0 Å². The van der Waals surface area contributed by atoms with Gasteiger partial charge in [-0.2, -0.15) is 0 Å². The Labute approximate surface area is 192 Å². The van der Waals surface area contributed by atoms with Crippen molar-refractivity contribution in [2.75, 3.05) is 59.6 Å². The summed E-state index contributed by atoms with van der Waals surface area (Å²) < 4.78 is 11.2. The summed E-state index contributed by atoms with van der Waals surface area (Å²) in [6.07, 6.45) is 10.1. The van der Waals surface area contributed by atoms with Gasteiger partial charge in [-0.1, -0.05) is 19.3 Å². The third-order valence-electron chi connectivity index (χ3n) is 5.73. The number of nitrogens with one attached hydrogen (secondary N) is 2. The molecule has 0 atom stereocenters. The summed E-state index contributed by atoms with van der Waals surface area (Å²) in [5, 5.41) is 6.94. The minimum Gasteiger partial charge on any atom is -0.490 e. The number of ether oxygens (including phenoxy) is 2. The Bertz CT molecular complexity index is 590. The number of morpholine rings is 1. The highest BCUT2D eigenvalue weighted by Crippen LogP contribution is 2.36. The summed E-state index contributed by atoms with van der Waals surface area (Å²) in [4.78, 5) is 11.0. The van der Waals surface area contributed by atoms with E-state index in [0.717, 1.165) is 51.1 Å². The maximum absolute atomic E-state index is 5.69. The van der Waals surface area contributed by atoms with Crippen molar-refractivity contribution in [1.82, 2.24) is 20.5 Å². The van der Waals surface area contributed by atoms with Crippen LogP contribution in [0.1, 0.15) is 32.1 Å². The molecule has 164 valence electrons. The van der Waals surface area contributed by atoms with Crippen LogP contribution in [0.4, 0.5) is 0 Å². The molecule has 1 aromatic heterocycles. The van der Waals surface area contributed by atoms with E-state index < -0.39 is 0 Å². The molecule has 0 amide bonds. The molecule has 29 heavy (non-hydrogen) atoms. The third kappa shape index (κ3) is 8.25. The Hall–Kier alpha value is -1.13. The number of aromatic nitrogens is 1. The minimum atomic E-state index is 0. The molecule has 0 aromatic carbocycles. The van der Waals surface area contributed by atoms with Crippen LogP contribution < -0.4 is 15.4 Å². The second kappa shape index (κ2) is 13.2. The first kappa shape index (κ1) is 24.1. The average molecular weight is 517 g/mol. The molecule has 0 spiro atoms. The van der Waals surface area contributed by atoms with Crippen molar-refractivity contribution >= 4 is 29.9 Å². The summed E-state index contributed by atoms with van der Waals surface area (Å²) in [6, 6.07) is 3.79. The Morgan fingerprint density at radius 1 is 1.24 bits per heavy atom. The Morgan fingerprint density at radius 3 is 2.72 bits per heavy atom. The molecule has 2 N–H and O–H groups in total. The van der Waals surface area contributed by atoms with E-state index in [4.69, 9.17) is 9.47 Å². The molecule has 1 aliphatic heterocycles. The van der Waals surface area contributed by atoms with E-state index in [2.05, 4.69) is 25.5 Å². The van der Waals surface area contributed by atoms with E-state index in [-0.39, 0.29) is 24.0 Å². The van der Waals surface area contributed by atoms with Crippen molar-refractivity contribution in [1.29, 1.82) is 0 Å². The first-order chi connectivity index (χ1) is 13.8. The van der Waals surface area contributed by atoms with E-state index in [1.54, 1.807) is 12.4 Å². The first-order valence-corrected chi connectivity index (χ1v) is 10.6. The van der Waals surface area contributed by atoms with Crippen molar-refractivity contribution in [2.24, 2.45) is 10.4 Å². The van der Waals surface area contributed by atoms with Crippen molar-refractivity contribution < 1.29 is 9.47 Å². The highest BCUT2D eigenvalue weighted by Gasteiger charge is 2.34. The topological polar surface area (TPSA) is 71.0 Å². The van der Waals surface area contributed by atoms with Gasteiger partial charge in [-0.25, -0.2) is 0 Å². The second-order valence-electron chi connectivity index (χ2n) is 7.84. The Kier molecular flexibility index (Phi) is 11.0. The molecule has 1 saturated heterocycles. The van der Waals surface area contributed by atoms with Gasteiger partial charge in [0.15, 0.2) is 5.96 Å². The number of hydrogen-bond acceptors (Lipinski definition) is 5. The SMILES string of the molecule is CN=C(NCCOc1cccnc1)NCC1(CN2CCOCC2)CCCCC1.I. The van der Waals surface area contributed by atoms with Gasteiger partial charge in [0, 0.05) is 44.8 Å². The van der Waals surface area contributed by atoms with Gasteiger partial charge in [-0.05, 0) is 25.0 Å². The predicted octanol–water partition coefficient (Wildman–Crippen LogP) is 2.53. The number of aliphatic imine (C=N–C) groups is 1. The van der Waals surface area contributed by atoms with Crippen molar-refractivity contribution in [2.45, 2.75) is 32.1 Å². The van der Waals surface area contributed by atoms with Crippen molar-refractivity contribution in [3.8, 4) is 5.75 Å². The lowest BCUT2D eigenvalue weighted by molar-refractivity contribution is 0.00820. The normalized spacial score (nSPS) is 19.8. The zero-order valence-electron chi connectivity index (χ0n) is 17.6. The van der Waals surface area contributed by atoms with Crippen LogP contribution in [0.25, 0.3) is 0 Å². The van der Waals surface area contributed by atoms with Crippen molar-refractivity contribution in [3.63, 3.8) is 0 Å². The standard InChI is InChI=1S/C21H35N5O2.HI/c1-22-20(24-10-13-28-19-6-5-9-23-16-19)25-17-21(7-3-2-4-8-21)18-26-11-14-27-15-12-26;/h5-6,9,16H,2-4,7-8,10-15,17-18H2,1H3,(H2,22,24,25);1H. The number of rotatable bonds is 8. The fraction of sp³-hybridized carbons (Fsp3) is 0.714. The van der Waals surface area contributed by atoms with Gasteiger partial charge in [0.25, 0.3) is 0 Å². The van der Waals surface area contributed by atoms with Crippen LogP contribution in [0.2, 0.25) is 0 Å². The molecule has 8 heteroatoms. The fourth-order valence-electron chi connectivity index (χ4n) is 4.19. The molecular formula is C21H36IN5O2. The quantitative estimate of drug-likeness (QED) is 0.239. The minimum absolute atomic E-state index is 0. The molecule has 7 nitrogen and oxygen atoms in total. The van der Waals surface area contributed by atoms with Gasteiger partial charge in [0.1, 0.15) is 12.4 Å². The molecule has 3 rings (SSSR count). The number of pyridine rings is 1. The Balaban J connectivity index is 0.00000300. The van der Waals surface area contributed by atoms with Gasteiger partial charge < -0.3 is 20.1 Å². The molecule has 1 aromatic rings. The third-order valence-corrected chi connectivity index (χ3v) is 5.73. The highest BCUT2D eigenvalue weighted by molar-refractivity contribution is 14.0. The van der Waals surface area contributed by atoms with Crippen molar-refractivity contribution in [3.05, 3.63) is 24.5 Å². The lowest BCUT2D eigenvalue weighted by Crippen LogP contribution is -2.51. The maximum Gasteiger partial charge on any atom is 0.191 e. The van der Waals surface area contributed by atoms with Crippen LogP contribution in [0.15, 0.2) is 29.5 Å². The van der Waals surface area contributed by atoms with Crippen LogP contribution in [0, 0.1) is 5.41 Å². The smallest absolute Gasteiger partial charge is 0.191 e. The summed E-state index contributed by atoms with van der Waals surface area (Å²) in [7, 11) is 1.83. The molecule has 1 aliphatic carbocycles. The van der Waals surface area contributed by atoms with Crippen LogP contribution in [-0.2, 0) is 4.74 Å². The van der Waals surface area contributed by atoms with Gasteiger partial charge in [-0.3, -0.25) is 14.9 Å². The molecule has 2 fully saturated rings. The fourth-order valence-corrected chi connectivity index (χ4v) is 4.19. The van der Waals surface area contributed by atoms with Crippen LogP contribution in [0.5, 0.6) is 5.75 Å². The largest absolute Gasteiger partial charge is 0.490 e. The monoisotopic (exact) mass is 517 g/mol. The lowest BCUT2D eigenvalue weighted by atomic mass is 9.73. The van der Waals surface area contributed by atoms with Crippen LogP contribution in [-0.4, -0.2) is 75.4 Å². The van der Waals surface area contributed by atoms with Crippen LogP contribution >= 0.6 is 24.0 Å². The predicted molar refractivity (Wildman–Crippen MR) is 127 cm³/mol. The molecule has 0 radical (unpaired) electrons. The highest BCUT2D eigenvalue weighted by atomic mass is 127. The second-order valence-corrected chi connectivity index (χ2v) is 7.84. The number of halogens is 1. The Morgan fingerprint density at radius 2 is 2.03 bits per heavy atom. The lowest BCUT2D eigenvalue weighted by Gasteiger charge is -2.42. The molecule has 0 bridgehead atoms. The zero-order valence-corrected chi connectivity index (χ0v) is 19.9. The maximum atomic E-state index is 5.69. The number of guanidine groups is 1. The molecule has 2 heterocycles. The van der Waals surface area contributed by atoms with E-state index >= 15 is 0 Å². The van der Waals surface area contributed by atoms with Gasteiger partial charge in [0.05, 0.1) is 26.0 Å². The first-order valence-electron chi connectivity index (χ1n) is 10.6. The zero-order chi connectivity index (χ0) is 19.5. The summed E-state index contributed by atoms with van der Waals surface area (Å²) >= 11 is 0. The van der Waals surface area contributed by atoms with Gasteiger partial charge >= 0.3 is 0 Å². The summed E-state index contributed by atoms with van der Waals surface area (Å²) in [5.41, 5.74) is 0.333. The molecule has 2 aliphatic rings. The van der Waals surface area contributed by atoms with E-state index in [9.17, 15) is 0 Å². The molecular weight excluding hydrogens is 481 g/mol. The molecule has 1 saturated carbocycles. The number of hydrogen-bond donors (Lipinski definition) is 2.